The molecule has 1 amide bonds. The minimum absolute atomic E-state index is 0.0253. The molecule has 0 radical (unpaired) electrons. The van der Waals surface area contributed by atoms with Gasteiger partial charge in [-0.3, -0.25) is 4.79 Å². The molecule has 7 nitrogen and oxygen atoms in total. The van der Waals surface area contributed by atoms with Gasteiger partial charge in [-0.1, -0.05) is 0 Å². The Labute approximate surface area is 112 Å². The first kappa shape index (κ1) is 15.2. The third kappa shape index (κ3) is 4.06. The van der Waals surface area contributed by atoms with E-state index in [4.69, 9.17) is 9.47 Å². The lowest BCUT2D eigenvalue weighted by Crippen LogP contribution is -2.35. The smallest absolute Gasteiger partial charge is 0.236 e. The number of hydrogen-bond donors (Lipinski definition) is 1. The molecule has 0 bridgehead atoms. The van der Waals surface area contributed by atoms with Crippen LogP contribution in [0.1, 0.15) is 12.5 Å². The average molecular weight is 268 g/mol. The van der Waals surface area contributed by atoms with E-state index in [1.165, 1.54) is 20.5 Å². The van der Waals surface area contributed by atoms with Gasteiger partial charge in [-0.15, -0.1) is 0 Å². The highest BCUT2D eigenvalue weighted by molar-refractivity contribution is 5.77. The summed E-state index contributed by atoms with van der Waals surface area (Å²) >= 11 is 0. The lowest BCUT2D eigenvalue weighted by molar-refractivity contribution is -0.128. The van der Waals surface area contributed by atoms with Gasteiger partial charge in [-0.05, 0) is 6.92 Å². The molecule has 0 atom stereocenters. The molecule has 0 aliphatic rings. The summed E-state index contributed by atoms with van der Waals surface area (Å²) in [5.41, 5.74) is 0.694. The molecule has 1 aromatic rings. The average Bonchev–Trinajstić information content (AvgIpc) is 2.46. The number of likely N-dealkylation sites (N-methyl/N-ethyl adjacent to an activating group) is 1. The van der Waals surface area contributed by atoms with Crippen molar-refractivity contribution in [3.63, 3.8) is 0 Å². The maximum Gasteiger partial charge on any atom is 0.236 e. The Morgan fingerprint density at radius 3 is 2.37 bits per heavy atom. The molecule has 1 aromatic heterocycles. The van der Waals surface area contributed by atoms with Crippen molar-refractivity contribution in [1.29, 1.82) is 0 Å². The lowest BCUT2D eigenvalue weighted by atomic mass is 10.3. The van der Waals surface area contributed by atoms with E-state index in [2.05, 4.69) is 15.3 Å². The molecule has 0 aliphatic carbocycles. The predicted octanol–water partition coefficient (Wildman–Crippen LogP) is 0.0617. The first-order valence-electron chi connectivity index (χ1n) is 6.00. The summed E-state index contributed by atoms with van der Waals surface area (Å²) in [6, 6.07) is 0. The summed E-state index contributed by atoms with van der Waals surface area (Å²) in [7, 11) is 4.82. The monoisotopic (exact) mass is 268 g/mol. The molecule has 7 heteroatoms. The van der Waals surface area contributed by atoms with Gasteiger partial charge in [0.15, 0.2) is 0 Å². The Morgan fingerprint density at radius 2 is 1.89 bits per heavy atom. The van der Waals surface area contributed by atoms with E-state index in [0.717, 1.165) is 0 Å². The number of rotatable bonds is 7. The van der Waals surface area contributed by atoms with E-state index < -0.39 is 0 Å². The van der Waals surface area contributed by atoms with Gasteiger partial charge >= 0.3 is 0 Å². The van der Waals surface area contributed by atoms with Crippen molar-refractivity contribution in [2.24, 2.45) is 0 Å². The minimum Gasteiger partial charge on any atom is -0.481 e. The molecule has 0 unspecified atom stereocenters. The van der Waals surface area contributed by atoms with Gasteiger partial charge in [-0.25, -0.2) is 9.97 Å². The van der Waals surface area contributed by atoms with Crippen molar-refractivity contribution in [2.75, 3.05) is 34.4 Å². The van der Waals surface area contributed by atoms with Gasteiger partial charge in [0.1, 0.15) is 6.33 Å². The second kappa shape index (κ2) is 7.52. The fraction of sp³-hybridized carbons (Fsp3) is 0.583. The Morgan fingerprint density at radius 1 is 1.32 bits per heavy atom. The van der Waals surface area contributed by atoms with Crippen molar-refractivity contribution in [3.8, 4) is 11.8 Å². The van der Waals surface area contributed by atoms with Gasteiger partial charge < -0.3 is 19.7 Å². The van der Waals surface area contributed by atoms with Crippen molar-refractivity contribution in [2.45, 2.75) is 13.5 Å². The number of ether oxygens (including phenoxy) is 2. The molecule has 0 saturated heterocycles. The molecular formula is C12H20N4O3. The highest BCUT2D eigenvalue weighted by Crippen LogP contribution is 2.22. The van der Waals surface area contributed by atoms with Gasteiger partial charge in [0, 0.05) is 20.1 Å². The minimum atomic E-state index is 0.0253. The van der Waals surface area contributed by atoms with Gasteiger partial charge in [0.05, 0.1) is 26.3 Å². The van der Waals surface area contributed by atoms with Crippen LogP contribution < -0.4 is 14.8 Å². The van der Waals surface area contributed by atoms with Crippen LogP contribution in [0, 0.1) is 0 Å². The molecule has 0 fully saturated rings. The van der Waals surface area contributed by atoms with Gasteiger partial charge in [0.2, 0.25) is 17.7 Å². The SMILES string of the molecule is CCN(C)C(=O)CNCc1c(OC)ncnc1OC. The highest BCUT2D eigenvalue weighted by atomic mass is 16.5. The fourth-order valence-electron chi connectivity index (χ4n) is 1.49. The largest absolute Gasteiger partial charge is 0.481 e. The summed E-state index contributed by atoms with van der Waals surface area (Å²) < 4.78 is 10.3. The zero-order valence-electron chi connectivity index (χ0n) is 11.8. The lowest BCUT2D eigenvalue weighted by Gasteiger charge is -2.15. The van der Waals surface area contributed by atoms with E-state index in [1.54, 1.807) is 11.9 Å². The third-order valence-corrected chi connectivity index (χ3v) is 2.73. The number of hydrogen-bond acceptors (Lipinski definition) is 6. The number of carbonyl (C=O) groups excluding carboxylic acids is 1. The summed E-state index contributed by atoms with van der Waals surface area (Å²) in [6.07, 6.45) is 1.37. The van der Waals surface area contributed by atoms with Crippen molar-refractivity contribution < 1.29 is 14.3 Å². The molecular weight excluding hydrogens is 248 g/mol. The number of nitrogens with zero attached hydrogens (tertiary/aromatic N) is 3. The second-order valence-corrected chi connectivity index (χ2v) is 3.88. The van der Waals surface area contributed by atoms with E-state index in [0.29, 0.717) is 30.4 Å². The third-order valence-electron chi connectivity index (χ3n) is 2.73. The zero-order chi connectivity index (χ0) is 14.3. The number of aromatic nitrogens is 2. The van der Waals surface area contributed by atoms with Crippen LogP contribution in [0.3, 0.4) is 0 Å². The number of amides is 1. The summed E-state index contributed by atoms with van der Waals surface area (Å²) in [5, 5.41) is 3.03. The van der Waals surface area contributed by atoms with Crippen LogP contribution in [-0.4, -0.2) is 55.1 Å². The van der Waals surface area contributed by atoms with Crippen LogP contribution in [0.25, 0.3) is 0 Å². The number of nitrogens with one attached hydrogen (secondary N) is 1. The second-order valence-electron chi connectivity index (χ2n) is 3.88. The maximum absolute atomic E-state index is 11.6. The fourth-order valence-corrected chi connectivity index (χ4v) is 1.49. The Hall–Kier alpha value is -1.89. The Kier molecular flexibility index (Phi) is 6.01. The summed E-state index contributed by atoms with van der Waals surface area (Å²) in [6.45, 7) is 3.25. The molecule has 1 N–H and O–H groups in total. The molecule has 0 aliphatic heterocycles. The number of carbonyl (C=O) groups is 1. The Balaban J connectivity index is 2.64. The van der Waals surface area contributed by atoms with Gasteiger partial charge in [0.25, 0.3) is 0 Å². The van der Waals surface area contributed by atoms with Crippen LogP contribution in [0.5, 0.6) is 11.8 Å². The topological polar surface area (TPSA) is 76.6 Å². The van der Waals surface area contributed by atoms with E-state index >= 15 is 0 Å². The van der Waals surface area contributed by atoms with E-state index in [-0.39, 0.29) is 12.5 Å². The van der Waals surface area contributed by atoms with Crippen LogP contribution in [0.15, 0.2) is 6.33 Å². The van der Waals surface area contributed by atoms with Gasteiger partial charge in [-0.2, -0.15) is 0 Å². The molecule has 0 aromatic carbocycles. The van der Waals surface area contributed by atoms with E-state index in [9.17, 15) is 4.79 Å². The highest BCUT2D eigenvalue weighted by Gasteiger charge is 2.13. The molecule has 19 heavy (non-hydrogen) atoms. The van der Waals surface area contributed by atoms with Crippen LogP contribution in [0.2, 0.25) is 0 Å². The first-order chi connectivity index (χ1) is 9.13. The van der Waals surface area contributed by atoms with Crippen molar-refractivity contribution >= 4 is 5.91 Å². The predicted molar refractivity (Wildman–Crippen MR) is 70.2 cm³/mol. The molecule has 0 saturated carbocycles. The van der Waals surface area contributed by atoms with Crippen molar-refractivity contribution in [1.82, 2.24) is 20.2 Å². The standard InChI is InChI=1S/C12H20N4O3/c1-5-16(2)10(17)7-13-6-9-11(18-3)14-8-15-12(9)19-4/h8,13H,5-7H2,1-4H3. The number of methoxy groups -OCH3 is 2. The first-order valence-corrected chi connectivity index (χ1v) is 6.00. The van der Waals surface area contributed by atoms with Crippen LogP contribution in [0.4, 0.5) is 0 Å². The van der Waals surface area contributed by atoms with Crippen LogP contribution >= 0.6 is 0 Å². The van der Waals surface area contributed by atoms with Crippen molar-refractivity contribution in [3.05, 3.63) is 11.9 Å². The zero-order valence-corrected chi connectivity index (χ0v) is 11.8. The summed E-state index contributed by atoms with van der Waals surface area (Å²) in [4.78, 5) is 21.3. The maximum atomic E-state index is 11.6. The normalized spacial score (nSPS) is 10.1. The summed E-state index contributed by atoms with van der Waals surface area (Å²) in [5.74, 6) is 0.906. The van der Waals surface area contributed by atoms with E-state index in [1.807, 2.05) is 6.92 Å². The molecule has 106 valence electrons. The van der Waals surface area contributed by atoms with Crippen LogP contribution in [-0.2, 0) is 11.3 Å². The quantitative estimate of drug-likeness (QED) is 0.753. The Bertz CT molecular complexity index is 403. The molecule has 1 heterocycles. The molecule has 1 rings (SSSR count). The molecule has 0 spiro atoms.